The van der Waals surface area contributed by atoms with E-state index in [0.29, 0.717) is 0 Å². The lowest BCUT2D eigenvalue weighted by Gasteiger charge is -2.02. The number of hydrogen-bond donors (Lipinski definition) is 0. The largest absolute Gasteiger partial charge is 0.304 e. The zero-order valence-corrected chi connectivity index (χ0v) is 12.3. The molecule has 3 heteroatoms. The smallest absolute Gasteiger partial charge is 0.100 e. The van der Waals surface area contributed by atoms with Gasteiger partial charge in [-0.3, -0.25) is 0 Å². The number of nitrogens with zero attached hydrogens (tertiary/aromatic N) is 1. The van der Waals surface area contributed by atoms with Crippen molar-refractivity contribution >= 4 is 38.7 Å². The van der Waals surface area contributed by atoms with Crippen molar-refractivity contribution in [2.75, 3.05) is 0 Å². The van der Waals surface area contributed by atoms with E-state index in [1.54, 1.807) is 11.3 Å². The summed E-state index contributed by atoms with van der Waals surface area (Å²) in [6.45, 7) is 0. The van der Waals surface area contributed by atoms with Gasteiger partial charge in [0.05, 0.1) is 5.52 Å². The van der Waals surface area contributed by atoms with Crippen molar-refractivity contribution in [3.63, 3.8) is 0 Å². The summed E-state index contributed by atoms with van der Waals surface area (Å²) < 4.78 is 2.32. The number of thiazole rings is 1. The zero-order valence-electron chi connectivity index (χ0n) is 10.7. The highest BCUT2D eigenvalue weighted by atomic mass is 35.5. The van der Waals surface area contributed by atoms with Crippen LogP contribution in [0.2, 0.25) is 5.02 Å². The number of hydrogen-bond acceptors (Lipinski definition) is 1. The molecule has 0 unspecified atom stereocenters. The second-order valence-corrected chi connectivity index (χ2v) is 6.24. The fraction of sp³-hybridized carbons (Fsp3) is 0.0588. The zero-order chi connectivity index (χ0) is 13.5. The average Bonchev–Trinajstić information content (AvgIpc) is 3.00. The number of halogens is 1. The summed E-state index contributed by atoms with van der Waals surface area (Å²) in [5, 5.41) is 4.27. The Morgan fingerprint density at radius 1 is 1.00 bits per heavy atom. The van der Waals surface area contributed by atoms with Crippen LogP contribution in [-0.2, 0) is 6.42 Å². The molecule has 0 spiro atoms. The van der Waals surface area contributed by atoms with Crippen LogP contribution in [0.3, 0.4) is 0 Å². The quantitative estimate of drug-likeness (QED) is 0.467. The van der Waals surface area contributed by atoms with Gasteiger partial charge < -0.3 is 4.40 Å². The third-order valence-electron chi connectivity index (χ3n) is 3.56. The number of benzene rings is 2. The molecule has 2 aromatic carbocycles. The van der Waals surface area contributed by atoms with E-state index in [-0.39, 0.29) is 0 Å². The van der Waals surface area contributed by atoms with Crippen LogP contribution in [0.5, 0.6) is 0 Å². The topological polar surface area (TPSA) is 4.41 Å². The molecule has 0 saturated heterocycles. The molecule has 20 heavy (non-hydrogen) atoms. The Morgan fingerprint density at radius 3 is 2.70 bits per heavy atom. The fourth-order valence-electron chi connectivity index (χ4n) is 2.64. The predicted molar refractivity (Wildman–Crippen MR) is 87.0 cm³/mol. The first-order chi connectivity index (χ1) is 9.81. The maximum absolute atomic E-state index is 6.15. The van der Waals surface area contributed by atoms with E-state index < -0.39 is 0 Å². The molecule has 0 atom stereocenters. The molecule has 98 valence electrons. The Kier molecular flexibility index (Phi) is 2.79. The normalized spacial score (nSPS) is 11.4. The van der Waals surface area contributed by atoms with Gasteiger partial charge in [0.15, 0.2) is 0 Å². The highest BCUT2D eigenvalue weighted by Gasteiger charge is 2.09. The maximum atomic E-state index is 6.15. The molecule has 0 N–H and O–H groups in total. The molecule has 0 aliphatic heterocycles. The van der Waals surface area contributed by atoms with Crippen molar-refractivity contribution in [3.8, 4) is 0 Å². The molecule has 4 aromatic rings. The maximum Gasteiger partial charge on any atom is 0.100 e. The Hall–Kier alpha value is -1.77. The lowest BCUT2D eigenvalue weighted by Crippen LogP contribution is -1.93. The Balaban J connectivity index is 1.91. The summed E-state index contributed by atoms with van der Waals surface area (Å²) in [5.41, 5.74) is 3.84. The van der Waals surface area contributed by atoms with Crippen LogP contribution in [-0.4, -0.2) is 4.40 Å². The van der Waals surface area contributed by atoms with Crippen molar-refractivity contribution < 1.29 is 0 Å². The van der Waals surface area contributed by atoms with Crippen LogP contribution < -0.4 is 0 Å². The fourth-order valence-corrected chi connectivity index (χ4v) is 3.77. The van der Waals surface area contributed by atoms with E-state index in [0.717, 1.165) is 11.4 Å². The summed E-state index contributed by atoms with van der Waals surface area (Å²) in [4.78, 5) is 1.27. The average molecular weight is 298 g/mol. The highest BCUT2D eigenvalue weighted by Crippen LogP contribution is 2.29. The summed E-state index contributed by atoms with van der Waals surface area (Å²) in [6.07, 6.45) is 0.942. The van der Waals surface area contributed by atoms with E-state index in [1.807, 2.05) is 12.1 Å². The number of rotatable bonds is 2. The van der Waals surface area contributed by atoms with Gasteiger partial charge in [0.25, 0.3) is 0 Å². The van der Waals surface area contributed by atoms with E-state index >= 15 is 0 Å². The molecule has 0 fully saturated rings. The summed E-state index contributed by atoms with van der Waals surface area (Å²) in [6, 6.07) is 18.9. The van der Waals surface area contributed by atoms with Gasteiger partial charge in [-0.2, -0.15) is 0 Å². The molecule has 0 saturated carbocycles. The third kappa shape index (κ3) is 1.92. The molecule has 2 aromatic heterocycles. The van der Waals surface area contributed by atoms with Gasteiger partial charge >= 0.3 is 0 Å². The van der Waals surface area contributed by atoms with Gasteiger partial charge in [-0.1, -0.05) is 48.0 Å². The second kappa shape index (κ2) is 4.65. The van der Waals surface area contributed by atoms with Crippen molar-refractivity contribution in [3.05, 3.63) is 76.3 Å². The number of fused-ring (bicyclic) bond motifs is 3. The van der Waals surface area contributed by atoms with Crippen LogP contribution in [0.25, 0.3) is 15.7 Å². The van der Waals surface area contributed by atoms with Crippen LogP contribution >= 0.6 is 22.9 Å². The SMILES string of the molecule is Clc1ccc2cc3scc(Cc4ccccc4)n3c2c1. The Bertz CT molecular complexity index is 889. The summed E-state index contributed by atoms with van der Waals surface area (Å²) in [7, 11) is 0. The number of aromatic nitrogens is 1. The van der Waals surface area contributed by atoms with Gasteiger partial charge in [-0.25, -0.2) is 0 Å². The molecule has 0 radical (unpaired) electrons. The monoisotopic (exact) mass is 297 g/mol. The van der Waals surface area contributed by atoms with Gasteiger partial charge in [-0.05, 0) is 23.8 Å². The molecular weight excluding hydrogens is 286 g/mol. The summed E-state index contributed by atoms with van der Waals surface area (Å²) in [5.74, 6) is 0. The van der Waals surface area contributed by atoms with Crippen molar-refractivity contribution in [1.82, 2.24) is 4.40 Å². The minimum atomic E-state index is 0.786. The van der Waals surface area contributed by atoms with E-state index in [4.69, 9.17) is 11.6 Å². The first-order valence-electron chi connectivity index (χ1n) is 6.52. The molecule has 4 rings (SSSR count). The molecule has 0 bridgehead atoms. The molecule has 2 heterocycles. The predicted octanol–water partition coefficient (Wildman–Crippen LogP) is 5.40. The van der Waals surface area contributed by atoms with E-state index in [9.17, 15) is 0 Å². The molecule has 0 aliphatic carbocycles. The van der Waals surface area contributed by atoms with Crippen molar-refractivity contribution in [2.24, 2.45) is 0 Å². The second-order valence-electron chi connectivity index (χ2n) is 4.91. The van der Waals surface area contributed by atoms with Gasteiger partial charge in [0, 0.05) is 27.9 Å². The molecular formula is C17H12ClNS. The minimum absolute atomic E-state index is 0.786. The standard InChI is InChI=1S/C17H12ClNS/c18-14-7-6-13-9-17-19(16(13)10-14)15(11-20-17)8-12-4-2-1-3-5-12/h1-7,9-11H,8H2. The first-order valence-corrected chi connectivity index (χ1v) is 7.78. The van der Waals surface area contributed by atoms with Crippen LogP contribution in [0.4, 0.5) is 0 Å². The first kappa shape index (κ1) is 12.0. The van der Waals surface area contributed by atoms with Gasteiger partial charge in [-0.15, -0.1) is 11.3 Å². The Morgan fingerprint density at radius 2 is 1.85 bits per heavy atom. The summed E-state index contributed by atoms with van der Waals surface area (Å²) >= 11 is 7.93. The van der Waals surface area contributed by atoms with Crippen LogP contribution in [0, 0.1) is 0 Å². The lowest BCUT2D eigenvalue weighted by molar-refractivity contribution is 1.06. The molecule has 0 amide bonds. The minimum Gasteiger partial charge on any atom is -0.304 e. The van der Waals surface area contributed by atoms with E-state index in [2.05, 4.69) is 52.2 Å². The van der Waals surface area contributed by atoms with Crippen LogP contribution in [0.1, 0.15) is 11.3 Å². The lowest BCUT2D eigenvalue weighted by atomic mass is 10.1. The third-order valence-corrected chi connectivity index (χ3v) is 4.73. The van der Waals surface area contributed by atoms with Gasteiger partial charge in [0.1, 0.15) is 4.83 Å². The van der Waals surface area contributed by atoms with Gasteiger partial charge in [0.2, 0.25) is 0 Å². The molecule has 1 nitrogen and oxygen atoms in total. The van der Waals surface area contributed by atoms with Crippen molar-refractivity contribution in [2.45, 2.75) is 6.42 Å². The van der Waals surface area contributed by atoms with Crippen LogP contribution in [0.15, 0.2) is 60.0 Å². The van der Waals surface area contributed by atoms with Crippen molar-refractivity contribution in [1.29, 1.82) is 0 Å². The Labute approximate surface area is 126 Å². The van der Waals surface area contributed by atoms with E-state index in [1.165, 1.54) is 27.0 Å². The highest BCUT2D eigenvalue weighted by molar-refractivity contribution is 7.15. The molecule has 0 aliphatic rings.